The van der Waals surface area contributed by atoms with E-state index in [1.807, 2.05) is 6.07 Å². The molecule has 0 spiro atoms. The van der Waals surface area contributed by atoms with Gasteiger partial charge in [0.1, 0.15) is 12.1 Å². The number of rotatable bonds is 3. The van der Waals surface area contributed by atoms with E-state index in [1.165, 1.54) is 4.90 Å². The highest BCUT2D eigenvalue weighted by Crippen LogP contribution is 2.17. The average molecular weight is 294 g/mol. The predicted octanol–water partition coefficient (Wildman–Crippen LogP) is -0.313. The molecule has 7 nitrogen and oxygen atoms in total. The number of fused-ring (bicyclic) bond motifs is 1. The van der Waals surface area contributed by atoms with Gasteiger partial charge in [0.15, 0.2) is 9.84 Å². The van der Waals surface area contributed by atoms with Crippen molar-refractivity contribution in [2.24, 2.45) is 0 Å². The molecule has 0 saturated carbocycles. The highest BCUT2D eigenvalue weighted by Gasteiger charge is 2.38. The Morgan fingerprint density at radius 2 is 2.25 bits per heavy atom. The third-order valence-electron chi connectivity index (χ3n) is 3.53. The van der Waals surface area contributed by atoms with Crippen LogP contribution in [-0.4, -0.2) is 58.6 Å². The summed E-state index contributed by atoms with van der Waals surface area (Å²) in [6, 6.07) is 3.41. The normalized spacial score (nSPS) is 17.9. The first kappa shape index (κ1) is 13.0. The van der Waals surface area contributed by atoms with Crippen LogP contribution < -0.4 is 0 Å². The minimum absolute atomic E-state index is 0.0522. The Bertz CT molecular complexity index is 756. The lowest BCUT2D eigenvalue weighted by Gasteiger charge is -2.34. The van der Waals surface area contributed by atoms with Crippen molar-refractivity contribution in [3.8, 4) is 0 Å². The van der Waals surface area contributed by atoms with Crippen molar-refractivity contribution in [3.05, 3.63) is 24.5 Å². The summed E-state index contributed by atoms with van der Waals surface area (Å²) in [5.41, 5.74) is 1.52. The van der Waals surface area contributed by atoms with Gasteiger partial charge in [0.2, 0.25) is 5.91 Å². The van der Waals surface area contributed by atoms with Gasteiger partial charge in [0, 0.05) is 13.2 Å². The van der Waals surface area contributed by atoms with Crippen LogP contribution in [-0.2, 0) is 21.2 Å². The molecule has 0 atom stereocenters. The number of carbonyl (C=O) groups is 1. The second kappa shape index (κ2) is 4.55. The molecule has 0 bridgehead atoms. The van der Waals surface area contributed by atoms with Crippen molar-refractivity contribution in [1.82, 2.24) is 19.7 Å². The molecule has 1 fully saturated rings. The molecule has 20 heavy (non-hydrogen) atoms. The van der Waals surface area contributed by atoms with Crippen molar-refractivity contribution in [2.75, 3.05) is 18.6 Å². The standard InChI is InChI=1S/C12H14N4O3S/c1-15(9-7-20(18,19)8-9)12(17)6-16-11-3-2-4-13-10(11)5-14-16/h2-5,9H,6-8H2,1H3. The highest BCUT2D eigenvalue weighted by molar-refractivity contribution is 7.92. The van der Waals surface area contributed by atoms with Crippen LogP contribution in [0.2, 0.25) is 0 Å². The molecule has 0 aromatic carbocycles. The van der Waals surface area contributed by atoms with E-state index in [1.54, 1.807) is 30.2 Å². The zero-order valence-corrected chi connectivity index (χ0v) is 11.7. The minimum Gasteiger partial charge on any atom is -0.339 e. The largest absolute Gasteiger partial charge is 0.339 e. The molecule has 1 aliphatic rings. The van der Waals surface area contributed by atoms with Crippen molar-refractivity contribution >= 4 is 26.8 Å². The van der Waals surface area contributed by atoms with Gasteiger partial charge in [-0.15, -0.1) is 0 Å². The molecule has 0 unspecified atom stereocenters. The first-order valence-corrected chi connectivity index (χ1v) is 8.01. The fourth-order valence-corrected chi connectivity index (χ4v) is 3.77. The van der Waals surface area contributed by atoms with Gasteiger partial charge in [0.25, 0.3) is 0 Å². The zero-order valence-electron chi connectivity index (χ0n) is 10.9. The van der Waals surface area contributed by atoms with Crippen molar-refractivity contribution < 1.29 is 13.2 Å². The fraction of sp³-hybridized carbons (Fsp3) is 0.417. The number of nitrogens with zero attached hydrogens (tertiary/aromatic N) is 4. The van der Waals surface area contributed by atoms with Crippen LogP contribution in [0.4, 0.5) is 0 Å². The smallest absolute Gasteiger partial charge is 0.244 e. The molecule has 1 saturated heterocycles. The van der Waals surface area contributed by atoms with E-state index in [-0.39, 0.29) is 30.0 Å². The Labute approximate surface area is 116 Å². The summed E-state index contributed by atoms with van der Waals surface area (Å²) in [7, 11) is -1.30. The predicted molar refractivity (Wildman–Crippen MR) is 72.7 cm³/mol. The monoisotopic (exact) mass is 294 g/mol. The molecule has 8 heteroatoms. The van der Waals surface area contributed by atoms with Gasteiger partial charge in [-0.25, -0.2) is 8.42 Å². The summed E-state index contributed by atoms with van der Waals surface area (Å²) in [5.74, 6) is -0.0495. The Kier molecular flexibility index (Phi) is 2.97. The molecule has 3 heterocycles. The molecule has 0 aliphatic carbocycles. The molecule has 1 aliphatic heterocycles. The summed E-state index contributed by atoms with van der Waals surface area (Å²) >= 11 is 0. The number of aromatic nitrogens is 3. The molecule has 3 rings (SSSR count). The zero-order chi connectivity index (χ0) is 14.3. The van der Waals surface area contributed by atoms with E-state index in [2.05, 4.69) is 10.1 Å². The lowest BCUT2D eigenvalue weighted by Crippen LogP contribution is -2.54. The highest BCUT2D eigenvalue weighted by atomic mass is 32.2. The van der Waals surface area contributed by atoms with E-state index >= 15 is 0 Å². The summed E-state index contributed by atoms with van der Waals surface area (Å²) in [6.45, 7) is 0.0856. The lowest BCUT2D eigenvalue weighted by atomic mass is 10.3. The quantitative estimate of drug-likeness (QED) is 0.775. The van der Waals surface area contributed by atoms with E-state index in [4.69, 9.17) is 0 Å². The molecular formula is C12H14N4O3S. The molecule has 2 aromatic rings. The van der Waals surface area contributed by atoms with Crippen LogP contribution in [0.25, 0.3) is 11.0 Å². The van der Waals surface area contributed by atoms with E-state index < -0.39 is 9.84 Å². The van der Waals surface area contributed by atoms with E-state index in [0.717, 1.165) is 11.0 Å². The summed E-state index contributed by atoms with van der Waals surface area (Å²) in [4.78, 5) is 17.8. The Morgan fingerprint density at radius 1 is 1.50 bits per heavy atom. The second-order valence-corrected chi connectivity index (χ2v) is 7.10. The number of sulfone groups is 1. The molecular weight excluding hydrogens is 280 g/mol. The van der Waals surface area contributed by atoms with Crippen LogP contribution in [0.3, 0.4) is 0 Å². The molecule has 2 aromatic heterocycles. The maximum atomic E-state index is 12.1. The van der Waals surface area contributed by atoms with Crippen LogP contribution in [0.5, 0.6) is 0 Å². The maximum Gasteiger partial charge on any atom is 0.244 e. The molecule has 0 radical (unpaired) electrons. The third kappa shape index (κ3) is 2.26. The lowest BCUT2D eigenvalue weighted by molar-refractivity contribution is -0.132. The van der Waals surface area contributed by atoms with Gasteiger partial charge in [-0.05, 0) is 12.1 Å². The van der Waals surface area contributed by atoms with Crippen LogP contribution in [0.15, 0.2) is 24.5 Å². The number of pyridine rings is 1. The number of hydrogen-bond acceptors (Lipinski definition) is 5. The Balaban J connectivity index is 1.73. The molecule has 1 amide bonds. The Morgan fingerprint density at radius 3 is 2.95 bits per heavy atom. The Hall–Kier alpha value is -1.96. The summed E-state index contributed by atoms with van der Waals surface area (Å²) in [5, 5.41) is 4.14. The van der Waals surface area contributed by atoms with Crippen LogP contribution >= 0.6 is 0 Å². The van der Waals surface area contributed by atoms with Gasteiger partial charge in [0.05, 0.1) is 29.3 Å². The SMILES string of the molecule is CN(C(=O)Cn1ncc2ncccc21)C1CS(=O)(=O)C1. The number of hydrogen-bond donors (Lipinski definition) is 0. The van der Waals surface area contributed by atoms with Crippen molar-refractivity contribution in [1.29, 1.82) is 0 Å². The van der Waals surface area contributed by atoms with Crippen molar-refractivity contribution in [2.45, 2.75) is 12.6 Å². The van der Waals surface area contributed by atoms with Gasteiger partial charge >= 0.3 is 0 Å². The third-order valence-corrected chi connectivity index (χ3v) is 5.32. The van der Waals surface area contributed by atoms with Crippen molar-refractivity contribution in [3.63, 3.8) is 0 Å². The first-order valence-electron chi connectivity index (χ1n) is 6.19. The molecule has 106 valence electrons. The maximum absolute atomic E-state index is 12.1. The number of likely N-dealkylation sites (N-methyl/N-ethyl adjacent to an activating group) is 1. The molecule has 0 N–H and O–H groups in total. The summed E-state index contributed by atoms with van der Waals surface area (Å²) in [6.07, 6.45) is 3.28. The van der Waals surface area contributed by atoms with E-state index in [9.17, 15) is 13.2 Å². The van der Waals surface area contributed by atoms with Gasteiger partial charge in [-0.1, -0.05) is 0 Å². The number of amides is 1. The van der Waals surface area contributed by atoms with E-state index in [0.29, 0.717) is 0 Å². The van der Waals surface area contributed by atoms with Gasteiger partial charge in [-0.3, -0.25) is 14.5 Å². The topological polar surface area (TPSA) is 85.2 Å². The van der Waals surface area contributed by atoms with Gasteiger partial charge in [-0.2, -0.15) is 5.10 Å². The first-order chi connectivity index (χ1) is 9.46. The second-order valence-electron chi connectivity index (χ2n) is 4.95. The van der Waals surface area contributed by atoms with Gasteiger partial charge < -0.3 is 4.90 Å². The number of carbonyl (C=O) groups excluding carboxylic acids is 1. The minimum atomic E-state index is -2.93. The average Bonchev–Trinajstić information content (AvgIpc) is 2.78. The fourth-order valence-electron chi connectivity index (χ4n) is 2.24. The summed E-state index contributed by atoms with van der Waals surface area (Å²) < 4.78 is 23.9. The van der Waals surface area contributed by atoms with Crippen LogP contribution in [0.1, 0.15) is 0 Å². The van der Waals surface area contributed by atoms with Crippen LogP contribution in [0, 0.1) is 0 Å².